The standard InChI is InChI=1S/C8H5BF2O/c1-4(12)5-2-6(10)8(9)7(11)3-5/h2-3H,1H3. The van der Waals surface area contributed by atoms with E-state index in [1.807, 2.05) is 0 Å². The molecule has 0 bridgehead atoms. The van der Waals surface area contributed by atoms with E-state index in [2.05, 4.69) is 0 Å². The van der Waals surface area contributed by atoms with Gasteiger partial charge in [-0.1, -0.05) is 0 Å². The summed E-state index contributed by atoms with van der Waals surface area (Å²) in [6.45, 7) is 1.23. The first-order valence-electron chi connectivity index (χ1n) is 3.28. The third-order valence-electron chi connectivity index (χ3n) is 1.49. The summed E-state index contributed by atoms with van der Waals surface area (Å²) in [4.78, 5) is 10.7. The SMILES string of the molecule is [B]c1c(F)cc(C(C)=O)cc1F. The summed E-state index contributed by atoms with van der Waals surface area (Å²) in [5, 5.41) is 0. The quantitative estimate of drug-likeness (QED) is 0.448. The van der Waals surface area contributed by atoms with E-state index in [1.165, 1.54) is 6.92 Å². The van der Waals surface area contributed by atoms with Gasteiger partial charge in [0.1, 0.15) is 19.5 Å². The zero-order chi connectivity index (χ0) is 9.30. The van der Waals surface area contributed by atoms with E-state index >= 15 is 0 Å². The number of Topliss-reactive ketones (excluding diaryl/α,β-unsaturated/α-hetero) is 1. The van der Waals surface area contributed by atoms with E-state index < -0.39 is 22.9 Å². The smallest absolute Gasteiger partial charge is 0.160 e. The van der Waals surface area contributed by atoms with Crippen LogP contribution in [0.3, 0.4) is 0 Å². The van der Waals surface area contributed by atoms with Crippen molar-refractivity contribution >= 4 is 19.1 Å². The van der Waals surface area contributed by atoms with Crippen LogP contribution in [0.1, 0.15) is 17.3 Å². The van der Waals surface area contributed by atoms with Gasteiger partial charge >= 0.3 is 0 Å². The maximum Gasteiger partial charge on any atom is 0.160 e. The van der Waals surface area contributed by atoms with Gasteiger partial charge in [0.15, 0.2) is 5.78 Å². The molecule has 0 aliphatic rings. The lowest BCUT2D eigenvalue weighted by Crippen LogP contribution is -2.15. The lowest BCUT2D eigenvalue weighted by Gasteiger charge is -2.01. The van der Waals surface area contributed by atoms with Crippen LogP contribution in [0.15, 0.2) is 12.1 Å². The largest absolute Gasteiger partial charge is 0.295 e. The molecule has 1 nitrogen and oxygen atoms in total. The van der Waals surface area contributed by atoms with Crippen molar-refractivity contribution in [3.05, 3.63) is 29.3 Å². The fraction of sp³-hybridized carbons (Fsp3) is 0.125. The fourth-order valence-electron chi connectivity index (χ4n) is 0.788. The van der Waals surface area contributed by atoms with Crippen molar-refractivity contribution in [3.8, 4) is 0 Å². The molecule has 0 fully saturated rings. The highest BCUT2D eigenvalue weighted by Crippen LogP contribution is 2.05. The van der Waals surface area contributed by atoms with Crippen molar-refractivity contribution in [1.82, 2.24) is 0 Å². The lowest BCUT2D eigenvalue weighted by molar-refractivity contribution is 0.101. The zero-order valence-electron chi connectivity index (χ0n) is 6.40. The van der Waals surface area contributed by atoms with Crippen LogP contribution in [0.5, 0.6) is 0 Å². The number of rotatable bonds is 1. The number of ketones is 1. The van der Waals surface area contributed by atoms with Crippen molar-refractivity contribution in [1.29, 1.82) is 0 Å². The van der Waals surface area contributed by atoms with Crippen LogP contribution in [0.2, 0.25) is 0 Å². The monoisotopic (exact) mass is 166 g/mol. The molecule has 1 rings (SSSR count). The van der Waals surface area contributed by atoms with Crippen molar-refractivity contribution in [2.24, 2.45) is 0 Å². The summed E-state index contributed by atoms with van der Waals surface area (Å²) in [7, 11) is 4.99. The number of carbonyl (C=O) groups is 1. The normalized spacial score (nSPS) is 9.92. The molecule has 1 aromatic carbocycles. The van der Waals surface area contributed by atoms with Crippen LogP contribution in [0.25, 0.3) is 0 Å². The number of benzene rings is 1. The Balaban J connectivity index is 3.31. The van der Waals surface area contributed by atoms with Gasteiger partial charge in [0, 0.05) is 5.56 Å². The van der Waals surface area contributed by atoms with Crippen LogP contribution in [-0.4, -0.2) is 13.6 Å². The predicted molar refractivity (Wildman–Crippen MR) is 41.8 cm³/mol. The van der Waals surface area contributed by atoms with Crippen LogP contribution >= 0.6 is 0 Å². The highest BCUT2D eigenvalue weighted by Gasteiger charge is 2.08. The third kappa shape index (κ3) is 1.52. The molecule has 0 unspecified atom stereocenters. The molecular formula is C8H5BF2O. The van der Waals surface area contributed by atoms with Crippen LogP contribution < -0.4 is 5.46 Å². The van der Waals surface area contributed by atoms with Crippen molar-refractivity contribution in [2.75, 3.05) is 0 Å². The Kier molecular flexibility index (Phi) is 2.26. The Bertz CT molecular complexity index is 313. The minimum absolute atomic E-state index is 0.0146. The van der Waals surface area contributed by atoms with Crippen LogP contribution in [0, 0.1) is 11.6 Å². The maximum atomic E-state index is 12.7. The molecule has 0 spiro atoms. The molecule has 12 heavy (non-hydrogen) atoms. The van der Waals surface area contributed by atoms with Crippen molar-refractivity contribution < 1.29 is 13.6 Å². The molecule has 0 amide bonds. The Morgan fingerprint density at radius 3 is 2.08 bits per heavy atom. The molecule has 2 radical (unpaired) electrons. The summed E-state index contributed by atoms with van der Waals surface area (Å²) in [5.74, 6) is -2.20. The minimum atomic E-state index is -0.903. The average molecular weight is 166 g/mol. The van der Waals surface area contributed by atoms with Gasteiger partial charge in [0.25, 0.3) is 0 Å². The Morgan fingerprint density at radius 1 is 1.33 bits per heavy atom. The number of carbonyl (C=O) groups excluding carboxylic acids is 1. The van der Waals surface area contributed by atoms with E-state index in [9.17, 15) is 13.6 Å². The van der Waals surface area contributed by atoms with E-state index in [0.29, 0.717) is 0 Å². The summed E-state index contributed by atoms with van der Waals surface area (Å²) in [5.41, 5.74) is -0.570. The Labute approximate surface area is 69.8 Å². The average Bonchev–Trinajstić information content (AvgIpc) is 1.99. The molecule has 0 N–H and O–H groups in total. The van der Waals surface area contributed by atoms with Gasteiger partial charge in [-0.25, -0.2) is 8.78 Å². The minimum Gasteiger partial charge on any atom is -0.295 e. The van der Waals surface area contributed by atoms with E-state index in [-0.39, 0.29) is 5.56 Å². The molecule has 1 aromatic rings. The maximum absolute atomic E-state index is 12.7. The van der Waals surface area contributed by atoms with Gasteiger partial charge in [-0.05, 0) is 24.5 Å². The van der Waals surface area contributed by atoms with E-state index in [4.69, 9.17) is 7.85 Å². The third-order valence-corrected chi connectivity index (χ3v) is 1.49. The van der Waals surface area contributed by atoms with Gasteiger partial charge < -0.3 is 0 Å². The summed E-state index contributed by atoms with van der Waals surface area (Å²) >= 11 is 0. The first kappa shape index (κ1) is 8.91. The molecule has 0 saturated heterocycles. The summed E-state index contributed by atoms with van der Waals surface area (Å²) in [6, 6.07) is 1.83. The predicted octanol–water partition coefficient (Wildman–Crippen LogP) is 0.961. The number of halogens is 2. The molecule has 0 aliphatic carbocycles. The van der Waals surface area contributed by atoms with Gasteiger partial charge in [-0.2, -0.15) is 0 Å². The second-order valence-electron chi connectivity index (χ2n) is 2.41. The molecule has 4 heteroatoms. The molecule has 0 aromatic heterocycles. The Morgan fingerprint density at radius 2 is 1.75 bits per heavy atom. The summed E-state index contributed by atoms with van der Waals surface area (Å²) < 4.78 is 25.4. The number of hydrogen-bond donors (Lipinski definition) is 0. The molecule has 60 valence electrons. The number of hydrogen-bond acceptors (Lipinski definition) is 1. The molecule has 0 heterocycles. The van der Waals surface area contributed by atoms with Crippen LogP contribution in [-0.2, 0) is 0 Å². The fourth-order valence-corrected chi connectivity index (χ4v) is 0.788. The molecule has 0 aliphatic heterocycles. The highest BCUT2D eigenvalue weighted by molar-refractivity contribution is 6.32. The van der Waals surface area contributed by atoms with Gasteiger partial charge in [-0.3, -0.25) is 4.79 Å². The summed E-state index contributed by atoms with van der Waals surface area (Å²) in [6.07, 6.45) is 0. The van der Waals surface area contributed by atoms with Gasteiger partial charge in [0.2, 0.25) is 0 Å². The molecule has 0 saturated carbocycles. The van der Waals surface area contributed by atoms with Crippen molar-refractivity contribution in [2.45, 2.75) is 6.92 Å². The zero-order valence-corrected chi connectivity index (χ0v) is 6.40. The highest BCUT2D eigenvalue weighted by atomic mass is 19.1. The lowest BCUT2D eigenvalue weighted by atomic mass is 9.93. The second kappa shape index (κ2) is 3.05. The van der Waals surface area contributed by atoms with Crippen molar-refractivity contribution in [3.63, 3.8) is 0 Å². The van der Waals surface area contributed by atoms with E-state index in [0.717, 1.165) is 12.1 Å². The molecule has 0 atom stereocenters. The van der Waals surface area contributed by atoms with Gasteiger partial charge in [-0.15, -0.1) is 0 Å². The van der Waals surface area contributed by atoms with Crippen LogP contribution in [0.4, 0.5) is 8.78 Å². The second-order valence-corrected chi connectivity index (χ2v) is 2.41. The molecular weight excluding hydrogens is 161 g/mol. The Hall–Kier alpha value is -1.19. The van der Waals surface area contributed by atoms with Gasteiger partial charge in [0.05, 0.1) is 0 Å². The first-order chi connectivity index (χ1) is 5.52. The first-order valence-corrected chi connectivity index (χ1v) is 3.28. The topological polar surface area (TPSA) is 17.1 Å². The van der Waals surface area contributed by atoms with E-state index in [1.54, 1.807) is 0 Å².